The van der Waals surface area contributed by atoms with E-state index in [1.54, 1.807) is 12.1 Å². The van der Waals surface area contributed by atoms with Gasteiger partial charge in [-0.2, -0.15) is 8.78 Å². The molecule has 0 spiro atoms. The number of aliphatic hydroxyl groups is 1. The van der Waals surface area contributed by atoms with E-state index >= 15 is 0 Å². The molecule has 22 heavy (non-hydrogen) atoms. The third-order valence-electron chi connectivity index (χ3n) is 5.07. The number of alkyl halides is 2. The number of piperidine rings is 1. The molecule has 2 unspecified atom stereocenters. The minimum absolute atomic E-state index is 0.194. The molecule has 0 bridgehead atoms. The van der Waals surface area contributed by atoms with Crippen molar-refractivity contribution < 1.29 is 18.6 Å². The van der Waals surface area contributed by atoms with Crippen LogP contribution >= 0.6 is 0 Å². The normalized spacial score (nSPS) is 29.4. The summed E-state index contributed by atoms with van der Waals surface area (Å²) in [5.74, 6) is 0.565. The van der Waals surface area contributed by atoms with Crippen LogP contribution in [0.1, 0.15) is 37.7 Å². The largest absolute Gasteiger partial charge is 0.435 e. The highest BCUT2D eigenvalue weighted by Crippen LogP contribution is 2.40. The number of likely N-dealkylation sites (tertiary alicyclic amines) is 1. The fourth-order valence-electron chi connectivity index (χ4n) is 3.82. The summed E-state index contributed by atoms with van der Waals surface area (Å²) in [5.41, 5.74) is 0.631. The van der Waals surface area contributed by atoms with Gasteiger partial charge in [0, 0.05) is 25.6 Å². The van der Waals surface area contributed by atoms with Gasteiger partial charge in [-0.25, -0.2) is 0 Å². The van der Waals surface area contributed by atoms with Crippen LogP contribution in [-0.2, 0) is 6.54 Å². The van der Waals surface area contributed by atoms with Gasteiger partial charge in [0.15, 0.2) is 0 Å². The van der Waals surface area contributed by atoms with E-state index < -0.39 is 12.2 Å². The Labute approximate surface area is 129 Å². The van der Waals surface area contributed by atoms with Gasteiger partial charge < -0.3 is 9.84 Å². The Hall–Kier alpha value is -1.20. The van der Waals surface area contributed by atoms with Gasteiger partial charge in [0.05, 0.1) is 5.60 Å². The molecule has 5 heteroatoms. The van der Waals surface area contributed by atoms with Gasteiger partial charge in [0.1, 0.15) is 5.75 Å². The lowest BCUT2D eigenvalue weighted by molar-refractivity contribution is -0.0967. The molecule has 1 saturated carbocycles. The summed E-state index contributed by atoms with van der Waals surface area (Å²) in [7, 11) is 0. The first kappa shape index (κ1) is 15.7. The van der Waals surface area contributed by atoms with Gasteiger partial charge in [0.2, 0.25) is 0 Å². The average Bonchev–Trinajstić information content (AvgIpc) is 2.49. The van der Waals surface area contributed by atoms with E-state index in [1.807, 2.05) is 12.1 Å². The van der Waals surface area contributed by atoms with Crippen LogP contribution in [0.3, 0.4) is 0 Å². The van der Waals surface area contributed by atoms with Crippen LogP contribution in [0.25, 0.3) is 0 Å². The van der Waals surface area contributed by atoms with Crippen molar-refractivity contribution in [2.45, 2.75) is 50.9 Å². The summed E-state index contributed by atoms with van der Waals surface area (Å²) in [5, 5.41) is 10.7. The Morgan fingerprint density at radius 1 is 1.23 bits per heavy atom. The summed E-state index contributed by atoms with van der Waals surface area (Å²) >= 11 is 0. The Morgan fingerprint density at radius 3 is 2.73 bits per heavy atom. The summed E-state index contributed by atoms with van der Waals surface area (Å²) in [6, 6.07) is 6.84. The monoisotopic (exact) mass is 311 g/mol. The van der Waals surface area contributed by atoms with E-state index in [2.05, 4.69) is 9.64 Å². The summed E-state index contributed by atoms with van der Waals surface area (Å²) in [6.07, 6.45) is 5.22. The molecule has 1 aromatic rings. The molecular weight excluding hydrogens is 288 g/mol. The highest BCUT2D eigenvalue weighted by atomic mass is 19.3. The number of halogens is 2. The molecular formula is C17H23F2NO2. The van der Waals surface area contributed by atoms with Gasteiger partial charge in [-0.15, -0.1) is 0 Å². The number of fused-ring (bicyclic) bond motifs is 1. The van der Waals surface area contributed by atoms with E-state index in [0.29, 0.717) is 5.92 Å². The number of rotatable bonds is 4. The lowest BCUT2D eigenvalue weighted by Crippen LogP contribution is -2.52. The molecule has 0 aromatic heterocycles. The molecule has 1 saturated heterocycles. The van der Waals surface area contributed by atoms with Crippen molar-refractivity contribution in [2.24, 2.45) is 5.92 Å². The Kier molecular flexibility index (Phi) is 4.64. The van der Waals surface area contributed by atoms with E-state index in [9.17, 15) is 13.9 Å². The van der Waals surface area contributed by atoms with E-state index in [0.717, 1.165) is 50.9 Å². The third kappa shape index (κ3) is 3.58. The van der Waals surface area contributed by atoms with E-state index in [1.165, 1.54) is 6.42 Å². The number of ether oxygens (including phenoxy) is 1. The predicted octanol–water partition coefficient (Wildman–Crippen LogP) is 3.42. The topological polar surface area (TPSA) is 32.7 Å². The summed E-state index contributed by atoms with van der Waals surface area (Å²) < 4.78 is 28.6. The van der Waals surface area contributed by atoms with Gasteiger partial charge >= 0.3 is 6.61 Å². The molecule has 1 N–H and O–H groups in total. The Balaban J connectivity index is 1.57. The van der Waals surface area contributed by atoms with Gasteiger partial charge in [-0.05, 0) is 37.0 Å². The maximum absolute atomic E-state index is 12.1. The average molecular weight is 311 g/mol. The number of hydrogen-bond acceptors (Lipinski definition) is 3. The van der Waals surface area contributed by atoms with Crippen LogP contribution in [0.15, 0.2) is 24.3 Å². The van der Waals surface area contributed by atoms with Crippen LogP contribution in [0.5, 0.6) is 5.75 Å². The first-order chi connectivity index (χ1) is 10.5. The quantitative estimate of drug-likeness (QED) is 0.925. The second-order valence-corrected chi connectivity index (χ2v) is 6.55. The van der Waals surface area contributed by atoms with Crippen LogP contribution in [0.4, 0.5) is 8.78 Å². The number of nitrogens with zero attached hydrogens (tertiary/aromatic N) is 1. The molecule has 1 aliphatic carbocycles. The first-order valence-corrected chi connectivity index (χ1v) is 8.04. The second kappa shape index (κ2) is 6.50. The molecule has 3 nitrogen and oxygen atoms in total. The molecule has 2 aliphatic rings. The molecule has 0 amide bonds. The van der Waals surface area contributed by atoms with E-state index in [-0.39, 0.29) is 5.75 Å². The number of hydrogen-bond donors (Lipinski definition) is 1. The number of benzene rings is 1. The molecule has 2 fully saturated rings. The molecule has 3 rings (SSSR count). The SMILES string of the molecule is OC12CCCCC1CN(Cc1ccc(OC(F)F)cc1)CC2. The smallest absolute Gasteiger partial charge is 0.387 e. The van der Waals surface area contributed by atoms with Crippen LogP contribution in [-0.4, -0.2) is 35.3 Å². The predicted molar refractivity (Wildman–Crippen MR) is 79.9 cm³/mol. The molecule has 122 valence electrons. The minimum atomic E-state index is -2.78. The van der Waals surface area contributed by atoms with Gasteiger partial charge in [-0.1, -0.05) is 25.0 Å². The van der Waals surface area contributed by atoms with Gasteiger partial charge in [-0.3, -0.25) is 4.90 Å². The van der Waals surface area contributed by atoms with Crippen molar-refractivity contribution >= 4 is 0 Å². The van der Waals surface area contributed by atoms with Crippen LogP contribution < -0.4 is 4.74 Å². The Bertz CT molecular complexity index is 494. The third-order valence-corrected chi connectivity index (χ3v) is 5.07. The zero-order chi connectivity index (χ0) is 15.6. The van der Waals surface area contributed by atoms with Crippen LogP contribution in [0, 0.1) is 5.92 Å². The maximum Gasteiger partial charge on any atom is 0.387 e. The van der Waals surface area contributed by atoms with Crippen molar-refractivity contribution in [3.8, 4) is 5.75 Å². The highest BCUT2D eigenvalue weighted by molar-refractivity contribution is 5.27. The minimum Gasteiger partial charge on any atom is -0.435 e. The van der Waals surface area contributed by atoms with Crippen molar-refractivity contribution in [3.63, 3.8) is 0 Å². The highest BCUT2D eigenvalue weighted by Gasteiger charge is 2.42. The summed E-state index contributed by atoms with van der Waals surface area (Å²) in [6.45, 7) is -0.174. The van der Waals surface area contributed by atoms with Crippen molar-refractivity contribution in [3.05, 3.63) is 29.8 Å². The van der Waals surface area contributed by atoms with Gasteiger partial charge in [0.25, 0.3) is 0 Å². The fraction of sp³-hybridized carbons (Fsp3) is 0.647. The van der Waals surface area contributed by atoms with E-state index in [4.69, 9.17) is 0 Å². The molecule has 2 atom stereocenters. The summed E-state index contributed by atoms with van der Waals surface area (Å²) in [4.78, 5) is 2.35. The lowest BCUT2D eigenvalue weighted by Gasteiger charge is -2.47. The van der Waals surface area contributed by atoms with Crippen molar-refractivity contribution in [2.75, 3.05) is 13.1 Å². The molecule has 1 aliphatic heterocycles. The maximum atomic E-state index is 12.1. The van der Waals surface area contributed by atoms with Crippen molar-refractivity contribution in [1.29, 1.82) is 0 Å². The molecule has 0 radical (unpaired) electrons. The standard InChI is InChI=1S/C17H23F2NO2/c18-16(19)22-15-6-4-13(5-7-15)11-20-10-9-17(21)8-2-1-3-14(17)12-20/h4-7,14,16,21H,1-3,8-12H2. The fourth-order valence-corrected chi connectivity index (χ4v) is 3.82. The first-order valence-electron chi connectivity index (χ1n) is 8.04. The molecule has 1 heterocycles. The Morgan fingerprint density at radius 2 is 2.00 bits per heavy atom. The van der Waals surface area contributed by atoms with Crippen molar-refractivity contribution in [1.82, 2.24) is 4.90 Å². The molecule has 1 aromatic carbocycles. The second-order valence-electron chi connectivity index (χ2n) is 6.55. The lowest BCUT2D eigenvalue weighted by atomic mass is 9.71. The zero-order valence-corrected chi connectivity index (χ0v) is 12.7. The van der Waals surface area contributed by atoms with Crippen LogP contribution in [0.2, 0.25) is 0 Å². The zero-order valence-electron chi connectivity index (χ0n) is 12.7.